The summed E-state index contributed by atoms with van der Waals surface area (Å²) < 4.78 is 25.3. The molecule has 4 aromatic heterocycles. The number of hydrogen-bond donors (Lipinski definition) is 0. The van der Waals surface area contributed by atoms with Crippen molar-refractivity contribution in [3.63, 3.8) is 0 Å². The van der Waals surface area contributed by atoms with Gasteiger partial charge in [-0.3, -0.25) is 9.59 Å². The minimum absolute atomic E-state index is 0.0158. The summed E-state index contributed by atoms with van der Waals surface area (Å²) in [5, 5.41) is 0.571. The van der Waals surface area contributed by atoms with Gasteiger partial charge in [0.25, 0.3) is 0 Å². The highest BCUT2D eigenvalue weighted by Crippen LogP contribution is 2.45. The quantitative estimate of drug-likeness (QED) is 0.114. The molecule has 8 rings (SSSR count). The second-order valence-corrected chi connectivity index (χ2v) is 17.8. The predicted octanol–water partition coefficient (Wildman–Crippen LogP) is 8.13. The molecule has 0 spiro atoms. The molecule has 0 N–H and O–H groups in total. The Hall–Kier alpha value is -4.68. The summed E-state index contributed by atoms with van der Waals surface area (Å²) >= 11 is 12.8. The van der Waals surface area contributed by atoms with Gasteiger partial charge in [-0.05, 0) is 99.3 Å². The van der Waals surface area contributed by atoms with Crippen LogP contribution in [0.5, 0.6) is 11.5 Å². The van der Waals surface area contributed by atoms with Crippen LogP contribution in [0.1, 0.15) is 99.1 Å². The smallest absolute Gasteiger partial charge is 0.343 e. The second-order valence-electron chi connectivity index (χ2n) is 17.1. The molecule has 58 heavy (non-hydrogen) atoms. The zero-order chi connectivity index (χ0) is 41.8. The number of carbonyl (C=O) groups is 2. The number of aromatic nitrogens is 4. The van der Waals surface area contributed by atoms with Crippen LogP contribution in [-0.2, 0) is 33.4 Å². The maximum Gasteiger partial charge on any atom is 0.343 e. The number of ether oxygens (including phenoxy) is 4. The molecule has 0 bridgehead atoms. The number of methoxy groups -OCH3 is 2. The average molecular weight is 834 g/mol. The van der Waals surface area contributed by atoms with E-state index in [0.717, 1.165) is 11.1 Å². The van der Waals surface area contributed by atoms with Gasteiger partial charge in [0.1, 0.15) is 11.1 Å². The van der Waals surface area contributed by atoms with Gasteiger partial charge < -0.3 is 28.1 Å². The first-order valence-corrected chi connectivity index (χ1v) is 20.6. The maximum atomic E-state index is 12.6. The van der Waals surface area contributed by atoms with Crippen LogP contribution in [-0.4, -0.2) is 58.5 Å². The van der Waals surface area contributed by atoms with E-state index in [9.17, 15) is 19.2 Å². The van der Waals surface area contributed by atoms with E-state index < -0.39 is 22.8 Å². The van der Waals surface area contributed by atoms with Gasteiger partial charge in [-0.25, -0.2) is 19.6 Å². The van der Waals surface area contributed by atoms with Crippen molar-refractivity contribution in [1.82, 2.24) is 19.1 Å². The van der Waals surface area contributed by atoms with Gasteiger partial charge in [-0.15, -0.1) is 0 Å². The highest BCUT2D eigenvalue weighted by molar-refractivity contribution is 6.31. The fourth-order valence-corrected chi connectivity index (χ4v) is 8.02. The normalized spacial score (nSPS) is 20.2. The van der Waals surface area contributed by atoms with Crippen molar-refractivity contribution < 1.29 is 28.5 Å². The number of rotatable bonds is 10. The van der Waals surface area contributed by atoms with Crippen LogP contribution in [0.15, 0.2) is 46.2 Å². The first-order valence-electron chi connectivity index (χ1n) is 19.8. The van der Waals surface area contributed by atoms with Crippen molar-refractivity contribution >= 4 is 35.1 Å². The third-order valence-electron chi connectivity index (χ3n) is 12.5. The number of hydrogen-bond acceptors (Lipinski definition) is 10. The van der Waals surface area contributed by atoms with Crippen molar-refractivity contribution in [1.29, 1.82) is 0 Å². The lowest BCUT2D eigenvalue weighted by Gasteiger charge is -2.42. The van der Waals surface area contributed by atoms with Crippen LogP contribution in [0, 0.1) is 23.7 Å². The van der Waals surface area contributed by atoms with Crippen molar-refractivity contribution in [2.24, 2.45) is 23.7 Å². The summed E-state index contributed by atoms with van der Waals surface area (Å²) in [6.07, 6.45) is 9.33. The number of halogens is 2. The molecular formula is C44H50Cl2N4O8. The highest BCUT2D eigenvalue weighted by atomic mass is 35.5. The summed E-state index contributed by atoms with van der Waals surface area (Å²) in [5.74, 6) is 1.57. The van der Waals surface area contributed by atoms with E-state index in [-0.39, 0.29) is 44.3 Å². The largest absolute Gasteiger partial charge is 0.490 e. The zero-order valence-corrected chi connectivity index (χ0v) is 35.8. The van der Waals surface area contributed by atoms with E-state index in [4.69, 9.17) is 42.1 Å². The van der Waals surface area contributed by atoms with Crippen molar-refractivity contribution in [3.05, 3.63) is 89.7 Å². The zero-order valence-electron chi connectivity index (χ0n) is 34.2. The van der Waals surface area contributed by atoms with Gasteiger partial charge in [0, 0.05) is 35.6 Å². The van der Waals surface area contributed by atoms with Gasteiger partial charge >= 0.3 is 11.9 Å². The van der Waals surface area contributed by atoms with Crippen LogP contribution in [0.2, 0.25) is 10.3 Å². The average Bonchev–Trinajstić information content (AvgIpc) is 4.13. The van der Waals surface area contributed by atoms with E-state index in [2.05, 4.69) is 51.5 Å². The topological polar surface area (TPSA) is 141 Å². The summed E-state index contributed by atoms with van der Waals surface area (Å²) in [6.45, 7) is 14.0. The van der Waals surface area contributed by atoms with E-state index in [1.165, 1.54) is 52.0 Å². The third-order valence-corrected chi connectivity index (χ3v) is 13.0. The minimum atomic E-state index is -0.642. The van der Waals surface area contributed by atoms with E-state index >= 15 is 0 Å². The monoisotopic (exact) mass is 832 g/mol. The molecule has 4 aliphatic rings. The molecule has 2 saturated carbocycles. The molecule has 2 aliphatic carbocycles. The minimum Gasteiger partial charge on any atom is -0.490 e. The molecule has 6 heterocycles. The highest BCUT2D eigenvalue weighted by Gasteiger charge is 2.40. The molecule has 2 unspecified atom stereocenters. The number of fused-ring (bicyclic) bond motifs is 6. The lowest BCUT2D eigenvalue weighted by Crippen LogP contribution is -2.43. The fourth-order valence-electron chi connectivity index (χ4n) is 7.63. The molecule has 2 fully saturated rings. The van der Waals surface area contributed by atoms with Gasteiger partial charge in [0.2, 0.25) is 0 Å². The molecular weight excluding hydrogens is 783 g/mol. The van der Waals surface area contributed by atoms with Crippen molar-refractivity contribution in [2.75, 3.05) is 27.4 Å². The molecule has 0 aromatic carbocycles. The van der Waals surface area contributed by atoms with Crippen molar-refractivity contribution in [3.8, 4) is 34.3 Å². The van der Waals surface area contributed by atoms with Crippen LogP contribution in [0.3, 0.4) is 0 Å². The molecule has 308 valence electrons. The SMILES string of the molecule is COC(=O)c1cn2c(cc1=O)-c1nc(Cl)c(OCC3CC3)cc1CC2(C)C(C)C.COC(=O)c1cn2c(cc1=O)-c1nc(Cl)c(OCC3CC3)cc1CC2(C)C(C)C. The standard InChI is InChI=1S/2C22H25ClN2O4/c2*1-12(2)22(3)9-14-7-18(29-11-13-5-6-13)20(23)24-19(14)16-8-17(26)15(10-25(16)22)21(27)28-4/h2*7-8,10,12-13H,5-6,9,11H2,1-4H3. The summed E-state index contributed by atoms with van der Waals surface area (Å²) in [7, 11) is 2.54. The molecule has 12 nitrogen and oxygen atoms in total. The Morgan fingerprint density at radius 2 is 1.05 bits per heavy atom. The molecule has 2 aliphatic heterocycles. The van der Waals surface area contributed by atoms with Crippen molar-refractivity contribution in [2.45, 2.75) is 91.1 Å². The Kier molecular flexibility index (Phi) is 11.3. The van der Waals surface area contributed by atoms with E-state index in [0.29, 0.717) is 72.2 Å². The van der Waals surface area contributed by atoms with Gasteiger partial charge in [-0.1, -0.05) is 50.9 Å². The van der Waals surface area contributed by atoms with Crippen LogP contribution >= 0.6 is 23.2 Å². The fraction of sp³-hybridized carbons (Fsp3) is 0.500. The maximum absolute atomic E-state index is 12.6. The molecule has 4 aromatic rings. The van der Waals surface area contributed by atoms with E-state index in [1.54, 1.807) is 12.4 Å². The summed E-state index contributed by atoms with van der Waals surface area (Å²) in [4.78, 5) is 58.6. The number of carbonyl (C=O) groups excluding carboxylic acids is 2. The molecule has 2 atom stereocenters. The first kappa shape index (κ1) is 41.5. The number of pyridine rings is 4. The Bertz CT molecular complexity index is 2250. The Morgan fingerprint density at radius 1 is 0.690 bits per heavy atom. The van der Waals surface area contributed by atoms with Gasteiger partial charge in [0.15, 0.2) is 32.7 Å². The number of nitrogens with zero attached hydrogens (tertiary/aromatic N) is 4. The first-order chi connectivity index (χ1) is 27.5. The molecule has 0 amide bonds. The van der Waals surface area contributed by atoms with Crippen LogP contribution in [0.4, 0.5) is 0 Å². The second kappa shape index (κ2) is 15.8. The van der Waals surface area contributed by atoms with Gasteiger partial charge in [0.05, 0.1) is 50.2 Å². The number of esters is 2. The predicted molar refractivity (Wildman–Crippen MR) is 221 cm³/mol. The molecule has 0 radical (unpaired) electrons. The molecule has 14 heteroatoms. The molecule has 0 saturated heterocycles. The van der Waals surface area contributed by atoms with Crippen LogP contribution < -0.4 is 20.3 Å². The Morgan fingerprint density at radius 3 is 1.36 bits per heavy atom. The lowest BCUT2D eigenvalue weighted by molar-refractivity contribution is 0.0588. The lowest BCUT2D eigenvalue weighted by atomic mass is 9.78. The summed E-state index contributed by atoms with van der Waals surface area (Å²) in [6, 6.07) is 6.82. The summed E-state index contributed by atoms with van der Waals surface area (Å²) in [5.41, 5.74) is 3.10. The Balaban J connectivity index is 0.000000177. The Labute approximate surface area is 347 Å². The van der Waals surface area contributed by atoms with E-state index in [1.807, 2.05) is 21.3 Å². The van der Waals surface area contributed by atoms with Crippen LogP contribution in [0.25, 0.3) is 22.8 Å². The third kappa shape index (κ3) is 7.77. The van der Waals surface area contributed by atoms with Gasteiger partial charge in [-0.2, -0.15) is 0 Å².